The second-order valence-electron chi connectivity index (χ2n) is 3.68. The van der Waals surface area contributed by atoms with Crippen LogP contribution in [0.1, 0.15) is 26.7 Å². The van der Waals surface area contributed by atoms with Crippen LogP contribution in [0.3, 0.4) is 0 Å². The van der Waals surface area contributed by atoms with Crippen molar-refractivity contribution in [3.8, 4) is 0 Å². The zero-order valence-electron chi connectivity index (χ0n) is 10.1. The number of aliphatic hydroxyl groups is 1. The fourth-order valence-electron chi connectivity index (χ4n) is 0.790. The lowest BCUT2D eigenvalue weighted by molar-refractivity contribution is -0.181. The summed E-state index contributed by atoms with van der Waals surface area (Å²) in [5.41, 5.74) is -4.27. The molecule has 7 nitrogen and oxygen atoms in total. The maximum absolute atomic E-state index is 11.3. The van der Waals surface area contributed by atoms with Gasteiger partial charge in [0.1, 0.15) is 0 Å². The van der Waals surface area contributed by atoms with Gasteiger partial charge in [0.25, 0.3) is 5.60 Å². The first kappa shape index (κ1) is 16.7. The zero-order chi connectivity index (χ0) is 14.3. The molecule has 0 spiro atoms. The first-order valence-electron chi connectivity index (χ1n) is 5.24. The molecule has 3 N–H and O–H groups in total. The number of hydrogen-bond acceptors (Lipinski definition) is 6. The Morgan fingerprint density at radius 1 is 1.33 bits per heavy atom. The van der Waals surface area contributed by atoms with E-state index in [9.17, 15) is 19.5 Å². The molecule has 0 rings (SSSR count). The Labute approximate surface area is 108 Å². The van der Waals surface area contributed by atoms with E-state index in [4.69, 9.17) is 10.2 Å². The maximum atomic E-state index is 11.3. The van der Waals surface area contributed by atoms with Gasteiger partial charge in [-0.2, -0.15) is 0 Å². The Kier molecular flexibility index (Phi) is 6.71. The van der Waals surface area contributed by atoms with Gasteiger partial charge in [0.05, 0.1) is 0 Å². The number of thioether (sulfide) groups is 1. The summed E-state index contributed by atoms with van der Waals surface area (Å²) in [5.74, 6) is -4.23. The molecule has 104 valence electrons. The summed E-state index contributed by atoms with van der Waals surface area (Å²) < 4.78 is 4.48. The van der Waals surface area contributed by atoms with Gasteiger partial charge in [0, 0.05) is 0 Å². The quantitative estimate of drug-likeness (QED) is 0.251. The highest BCUT2D eigenvalue weighted by atomic mass is 32.2. The van der Waals surface area contributed by atoms with Crippen LogP contribution in [0.25, 0.3) is 0 Å². The highest BCUT2D eigenvalue weighted by Crippen LogP contribution is 2.18. The van der Waals surface area contributed by atoms with Gasteiger partial charge < -0.3 is 20.1 Å². The van der Waals surface area contributed by atoms with Gasteiger partial charge in [0.2, 0.25) is 5.44 Å². The predicted molar refractivity (Wildman–Crippen MR) is 63.1 cm³/mol. The second-order valence-corrected chi connectivity index (χ2v) is 4.85. The Balaban J connectivity index is 4.55. The number of rotatable bonds is 8. The largest absolute Gasteiger partial charge is 0.479 e. The van der Waals surface area contributed by atoms with Crippen LogP contribution < -0.4 is 0 Å². The van der Waals surface area contributed by atoms with E-state index in [1.165, 1.54) is 0 Å². The lowest BCUT2D eigenvalue weighted by atomic mass is 10.1. The van der Waals surface area contributed by atoms with Crippen LogP contribution in [0.5, 0.6) is 0 Å². The van der Waals surface area contributed by atoms with Crippen LogP contribution in [0.4, 0.5) is 0 Å². The summed E-state index contributed by atoms with van der Waals surface area (Å²) in [4.78, 5) is 32.7. The van der Waals surface area contributed by atoms with E-state index < -0.39 is 28.9 Å². The molecule has 2 unspecified atom stereocenters. The molecule has 0 fully saturated rings. The van der Waals surface area contributed by atoms with Crippen molar-refractivity contribution in [1.82, 2.24) is 0 Å². The summed E-state index contributed by atoms with van der Waals surface area (Å²) in [6.45, 7) is 2.64. The Hall–Kier alpha value is -1.28. The van der Waals surface area contributed by atoms with Crippen molar-refractivity contribution in [3.05, 3.63) is 0 Å². The van der Waals surface area contributed by atoms with Crippen molar-refractivity contribution >= 4 is 29.7 Å². The summed E-state index contributed by atoms with van der Waals surface area (Å²) >= 11 is 0.864. The Morgan fingerprint density at radius 2 is 1.89 bits per heavy atom. The Morgan fingerprint density at radius 3 is 2.28 bits per heavy atom. The van der Waals surface area contributed by atoms with Crippen molar-refractivity contribution in [2.75, 3.05) is 5.75 Å². The lowest BCUT2D eigenvalue weighted by Crippen LogP contribution is -2.46. The normalized spacial score (nSPS) is 15.5. The van der Waals surface area contributed by atoms with E-state index in [0.29, 0.717) is 5.75 Å². The van der Waals surface area contributed by atoms with E-state index in [2.05, 4.69) is 4.74 Å². The number of carbonyl (C=O) groups is 3. The Bertz CT molecular complexity index is 326. The van der Waals surface area contributed by atoms with E-state index >= 15 is 0 Å². The maximum Gasteiger partial charge on any atom is 0.355 e. The number of carbonyl (C=O) groups excluding carboxylic acids is 1. The van der Waals surface area contributed by atoms with Gasteiger partial charge in [-0.15, -0.1) is 11.8 Å². The minimum atomic E-state index is -2.75. The van der Waals surface area contributed by atoms with Crippen molar-refractivity contribution in [2.24, 2.45) is 0 Å². The number of carboxylic acids is 2. The molecule has 0 aromatic carbocycles. The number of ether oxygens (including phenoxy) is 1. The number of hydrogen-bond donors (Lipinski definition) is 3. The highest BCUT2D eigenvalue weighted by molar-refractivity contribution is 8.00. The molecule has 0 aliphatic rings. The zero-order valence-corrected chi connectivity index (χ0v) is 10.9. The highest BCUT2D eigenvalue weighted by Gasteiger charge is 2.43. The van der Waals surface area contributed by atoms with Gasteiger partial charge in [0.15, 0.2) is 0 Å². The standard InChI is InChI=1S/C10H16O7S/c1-3-4-5-18-7(6(11)12)17-9(15)10(2,16)8(13)14/h7,16H,3-5H2,1-2H3,(H,11,12)(H,13,14). The molecule has 0 aliphatic carbocycles. The average Bonchev–Trinajstić information content (AvgIpc) is 2.27. The van der Waals surface area contributed by atoms with Crippen LogP contribution in [-0.2, 0) is 19.1 Å². The molecule has 0 amide bonds. The molecule has 0 heterocycles. The van der Waals surface area contributed by atoms with Gasteiger partial charge in [-0.3, -0.25) is 0 Å². The molecule has 18 heavy (non-hydrogen) atoms. The van der Waals surface area contributed by atoms with Gasteiger partial charge >= 0.3 is 17.9 Å². The first-order valence-corrected chi connectivity index (χ1v) is 6.29. The van der Waals surface area contributed by atoms with Crippen LogP contribution in [-0.4, -0.2) is 50.0 Å². The summed E-state index contributed by atoms with van der Waals surface area (Å²) in [6.07, 6.45) is 1.58. The van der Waals surface area contributed by atoms with Crippen molar-refractivity contribution < 1.29 is 34.4 Å². The molecule has 0 aliphatic heterocycles. The van der Waals surface area contributed by atoms with Crippen molar-refractivity contribution in [2.45, 2.75) is 37.7 Å². The molecule has 0 bridgehead atoms. The van der Waals surface area contributed by atoms with E-state index in [1.807, 2.05) is 6.92 Å². The molecular weight excluding hydrogens is 264 g/mol. The first-order chi connectivity index (χ1) is 8.23. The van der Waals surface area contributed by atoms with Gasteiger partial charge in [-0.05, 0) is 19.1 Å². The lowest BCUT2D eigenvalue weighted by Gasteiger charge is -2.19. The molecular formula is C10H16O7S. The SMILES string of the molecule is CCCCSC(OC(=O)C(C)(O)C(=O)O)C(=O)O. The number of unbranched alkanes of at least 4 members (excludes halogenated alkanes) is 1. The molecule has 0 saturated heterocycles. The van der Waals surface area contributed by atoms with Crippen LogP contribution >= 0.6 is 11.8 Å². The molecule has 0 radical (unpaired) electrons. The van der Waals surface area contributed by atoms with Crippen LogP contribution in [0.15, 0.2) is 0 Å². The predicted octanol–water partition coefficient (Wildman–Crippen LogP) is 0.309. The molecule has 0 aromatic heterocycles. The monoisotopic (exact) mass is 280 g/mol. The third-order valence-electron chi connectivity index (χ3n) is 2.00. The summed E-state index contributed by atoms with van der Waals surface area (Å²) in [5, 5.41) is 26.7. The fourth-order valence-corrected chi connectivity index (χ4v) is 1.76. The number of carboxylic acid groups (broad SMARTS) is 2. The van der Waals surface area contributed by atoms with Crippen molar-refractivity contribution in [1.29, 1.82) is 0 Å². The fraction of sp³-hybridized carbons (Fsp3) is 0.700. The third-order valence-corrected chi connectivity index (χ3v) is 3.12. The summed E-state index contributed by atoms with van der Waals surface area (Å²) in [7, 11) is 0. The molecule has 0 saturated carbocycles. The number of esters is 1. The second kappa shape index (κ2) is 7.22. The van der Waals surface area contributed by atoms with Crippen LogP contribution in [0, 0.1) is 0 Å². The summed E-state index contributed by atoms with van der Waals surface area (Å²) in [6, 6.07) is 0. The van der Waals surface area contributed by atoms with E-state index in [-0.39, 0.29) is 0 Å². The minimum absolute atomic E-state index is 0.454. The van der Waals surface area contributed by atoms with Crippen LogP contribution in [0.2, 0.25) is 0 Å². The van der Waals surface area contributed by atoms with Gasteiger partial charge in [-0.25, -0.2) is 14.4 Å². The number of aliphatic carboxylic acids is 2. The minimum Gasteiger partial charge on any atom is -0.479 e. The third kappa shape index (κ3) is 4.92. The van der Waals surface area contributed by atoms with Crippen molar-refractivity contribution in [3.63, 3.8) is 0 Å². The molecule has 2 atom stereocenters. The molecule has 8 heteroatoms. The van der Waals surface area contributed by atoms with Gasteiger partial charge in [-0.1, -0.05) is 13.3 Å². The van der Waals surface area contributed by atoms with E-state index in [0.717, 1.165) is 31.5 Å². The average molecular weight is 280 g/mol. The smallest absolute Gasteiger partial charge is 0.355 e. The molecule has 0 aromatic rings. The van der Waals surface area contributed by atoms with E-state index in [1.54, 1.807) is 0 Å². The topological polar surface area (TPSA) is 121 Å².